The van der Waals surface area contributed by atoms with Crippen LogP contribution in [0.15, 0.2) is 17.1 Å². The largest absolute Gasteiger partial charge is 0.340 e. The van der Waals surface area contributed by atoms with Crippen molar-refractivity contribution in [3.05, 3.63) is 35.1 Å². The fourth-order valence-corrected chi connectivity index (χ4v) is 1.71. The lowest BCUT2D eigenvalue weighted by Gasteiger charge is -2.09. The number of aliphatic imine (C=N–C) groups is 1. The summed E-state index contributed by atoms with van der Waals surface area (Å²) in [6.45, 7) is 2.41. The Hall–Kier alpha value is -2.05. The third-order valence-corrected chi connectivity index (χ3v) is 2.63. The molecule has 1 unspecified atom stereocenters. The Morgan fingerprint density at radius 1 is 1.21 bits per heavy atom. The molecule has 1 atom stereocenters. The molecule has 1 heterocycles. The van der Waals surface area contributed by atoms with Gasteiger partial charge in [0.05, 0.1) is 0 Å². The van der Waals surface area contributed by atoms with Crippen LogP contribution in [-0.4, -0.2) is 18.4 Å². The molecule has 0 aromatic heterocycles. The number of guanidine groups is 1. The second-order valence-corrected chi connectivity index (χ2v) is 4.08. The first-order valence-corrected chi connectivity index (χ1v) is 5.79. The van der Waals surface area contributed by atoms with Crippen molar-refractivity contribution in [3.63, 3.8) is 0 Å². The number of hydrogen-bond acceptors (Lipinski definition) is 2. The number of nitrogens with one attached hydrogen (secondary N) is 2. The van der Waals surface area contributed by atoms with Gasteiger partial charge < -0.3 is 5.32 Å². The lowest BCUT2D eigenvalue weighted by Crippen LogP contribution is -2.25. The van der Waals surface area contributed by atoms with Crippen LogP contribution in [0.25, 0.3) is 0 Å². The van der Waals surface area contributed by atoms with Gasteiger partial charge in [0.25, 0.3) is 5.91 Å². The summed E-state index contributed by atoms with van der Waals surface area (Å²) >= 11 is 0. The minimum atomic E-state index is -1.29. The van der Waals surface area contributed by atoms with Crippen LogP contribution < -0.4 is 10.6 Å². The highest BCUT2D eigenvalue weighted by Gasteiger charge is 2.32. The molecule has 7 heteroatoms. The molecule has 0 radical (unpaired) electrons. The van der Waals surface area contributed by atoms with Crippen LogP contribution in [-0.2, 0) is 4.79 Å². The number of benzene rings is 1. The van der Waals surface area contributed by atoms with Gasteiger partial charge in [-0.2, -0.15) is 0 Å². The van der Waals surface area contributed by atoms with Gasteiger partial charge in [0.1, 0.15) is 11.9 Å². The van der Waals surface area contributed by atoms with Crippen LogP contribution in [0, 0.1) is 17.5 Å². The van der Waals surface area contributed by atoms with E-state index in [1.165, 1.54) is 0 Å². The fraction of sp³-hybridized carbons (Fsp3) is 0.333. The molecule has 102 valence electrons. The maximum atomic E-state index is 13.6. The molecule has 4 nitrogen and oxygen atoms in total. The summed E-state index contributed by atoms with van der Waals surface area (Å²) in [7, 11) is 0. The third kappa shape index (κ3) is 2.69. The zero-order valence-electron chi connectivity index (χ0n) is 10.1. The number of amides is 1. The maximum Gasteiger partial charge on any atom is 0.254 e. The van der Waals surface area contributed by atoms with E-state index in [9.17, 15) is 18.0 Å². The first kappa shape index (κ1) is 13.4. The third-order valence-electron chi connectivity index (χ3n) is 2.63. The van der Waals surface area contributed by atoms with E-state index in [1.807, 2.05) is 6.92 Å². The summed E-state index contributed by atoms with van der Waals surface area (Å²) < 4.78 is 39.5. The normalized spacial score (nSPS) is 20.5. The van der Waals surface area contributed by atoms with E-state index in [2.05, 4.69) is 15.6 Å². The topological polar surface area (TPSA) is 53.5 Å². The summed E-state index contributed by atoms with van der Waals surface area (Å²) in [5.74, 6) is -3.83. The van der Waals surface area contributed by atoms with Crippen LogP contribution in [0.5, 0.6) is 0 Å². The molecule has 1 saturated heterocycles. The van der Waals surface area contributed by atoms with Gasteiger partial charge in [0.15, 0.2) is 17.6 Å². The maximum absolute atomic E-state index is 13.6. The summed E-state index contributed by atoms with van der Waals surface area (Å²) in [6, 6.07) is -0.0171. The monoisotopic (exact) mass is 271 g/mol. The average molecular weight is 271 g/mol. The SMILES string of the molecule is CCCN=C1NC(=O)C(c2cc(F)c(F)cc2F)N1. The van der Waals surface area contributed by atoms with Gasteiger partial charge in [-0.3, -0.25) is 15.1 Å². The molecule has 1 fully saturated rings. The summed E-state index contributed by atoms with van der Waals surface area (Å²) in [4.78, 5) is 15.7. The molecule has 0 saturated carbocycles. The van der Waals surface area contributed by atoms with Crippen molar-refractivity contribution in [1.82, 2.24) is 10.6 Å². The average Bonchev–Trinajstić information content (AvgIpc) is 2.72. The molecule has 0 spiro atoms. The lowest BCUT2D eigenvalue weighted by molar-refractivity contribution is -0.120. The van der Waals surface area contributed by atoms with Gasteiger partial charge in [-0.25, -0.2) is 13.2 Å². The van der Waals surface area contributed by atoms with E-state index >= 15 is 0 Å². The van der Waals surface area contributed by atoms with Crippen LogP contribution in [0.3, 0.4) is 0 Å². The molecule has 19 heavy (non-hydrogen) atoms. The first-order valence-electron chi connectivity index (χ1n) is 5.79. The predicted molar refractivity (Wildman–Crippen MR) is 62.9 cm³/mol. The standard InChI is InChI=1S/C12H12F3N3O/c1-2-3-16-12-17-10(11(19)18-12)6-4-8(14)9(15)5-7(6)13/h4-5,10H,2-3H2,1H3,(H2,16,17,18,19). The Kier molecular flexibility index (Phi) is 3.73. The first-order chi connectivity index (χ1) is 9.02. The van der Waals surface area contributed by atoms with Gasteiger partial charge in [-0.15, -0.1) is 0 Å². The van der Waals surface area contributed by atoms with Crippen molar-refractivity contribution in [3.8, 4) is 0 Å². The summed E-state index contributed by atoms with van der Waals surface area (Å²) in [5, 5.41) is 5.06. The number of halogens is 3. The van der Waals surface area contributed by atoms with Gasteiger partial charge in [-0.1, -0.05) is 6.92 Å². The Morgan fingerprint density at radius 3 is 2.58 bits per heavy atom. The second kappa shape index (κ2) is 5.29. The highest BCUT2D eigenvalue weighted by molar-refractivity contribution is 6.06. The Balaban J connectivity index is 2.28. The summed E-state index contributed by atoms with van der Waals surface area (Å²) in [5.41, 5.74) is -0.252. The Morgan fingerprint density at radius 2 is 1.89 bits per heavy atom. The minimum absolute atomic E-state index is 0.209. The molecular weight excluding hydrogens is 259 g/mol. The molecule has 1 amide bonds. The zero-order valence-corrected chi connectivity index (χ0v) is 10.1. The van der Waals surface area contributed by atoms with Crippen molar-refractivity contribution in [2.75, 3.05) is 6.54 Å². The Bertz CT molecular complexity index is 545. The molecule has 2 N–H and O–H groups in total. The van der Waals surface area contributed by atoms with Gasteiger partial charge >= 0.3 is 0 Å². The van der Waals surface area contributed by atoms with Crippen molar-refractivity contribution < 1.29 is 18.0 Å². The molecule has 1 aliphatic rings. The smallest absolute Gasteiger partial charge is 0.254 e. The van der Waals surface area contributed by atoms with Crippen LogP contribution in [0.2, 0.25) is 0 Å². The molecular formula is C12H12F3N3O. The molecule has 1 aromatic carbocycles. The zero-order chi connectivity index (χ0) is 14.0. The fourth-order valence-electron chi connectivity index (χ4n) is 1.71. The number of nitrogens with zero attached hydrogens (tertiary/aromatic N) is 1. The van der Waals surface area contributed by atoms with Crippen molar-refractivity contribution in [1.29, 1.82) is 0 Å². The van der Waals surface area contributed by atoms with Crippen LogP contribution >= 0.6 is 0 Å². The number of rotatable bonds is 3. The minimum Gasteiger partial charge on any atom is -0.340 e. The van der Waals surface area contributed by atoms with E-state index in [4.69, 9.17) is 0 Å². The predicted octanol–water partition coefficient (Wildman–Crippen LogP) is 1.63. The van der Waals surface area contributed by atoms with E-state index in [-0.39, 0.29) is 11.5 Å². The van der Waals surface area contributed by atoms with Crippen LogP contribution in [0.4, 0.5) is 13.2 Å². The number of carbonyl (C=O) groups is 1. The van der Waals surface area contributed by atoms with Crippen molar-refractivity contribution >= 4 is 11.9 Å². The van der Waals surface area contributed by atoms with E-state index in [0.717, 1.165) is 6.42 Å². The molecule has 1 aliphatic heterocycles. The quantitative estimate of drug-likeness (QED) is 0.821. The van der Waals surface area contributed by atoms with Gasteiger partial charge in [0, 0.05) is 18.2 Å². The summed E-state index contributed by atoms with van der Waals surface area (Å²) in [6.07, 6.45) is 0.783. The lowest BCUT2D eigenvalue weighted by atomic mass is 10.1. The number of hydrogen-bond donors (Lipinski definition) is 2. The van der Waals surface area contributed by atoms with Gasteiger partial charge in [0.2, 0.25) is 0 Å². The molecule has 1 aromatic rings. The van der Waals surface area contributed by atoms with E-state index in [0.29, 0.717) is 18.7 Å². The molecule has 0 aliphatic carbocycles. The molecule has 0 bridgehead atoms. The van der Waals surface area contributed by atoms with Gasteiger partial charge in [-0.05, 0) is 12.5 Å². The highest BCUT2D eigenvalue weighted by atomic mass is 19.2. The number of carbonyl (C=O) groups excluding carboxylic acids is 1. The second-order valence-electron chi connectivity index (χ2n) is 4.08. The van der Waals surface area contributed by atoms with Crippen LogP contribution in [0.1, 0.15) is 24.9 Å². The van der Waals surface area contributed by atoms with Crippen molar-refractivity contribution in [2.24, 2.45) is 4.99 Å². The van der Waals surface area contributed by atoms with E-state index in [1.54, 1.807) is 0 Å². The van der Waals surface area contributed by atoms with Crippen molar-refractivity contribution in [2.45, 2.75) is 19.4 Å². The highest BCUT2D eigenvalue weighted by Crippen LogP contribution is 2.22. The van der Waals surface area contributed by atoms with E-state index < -0.39 is 29.4 Å². The molecule has 2 rings (SSSR count). The Labute approximate surface area is 107 Å².